The summed E-state index contributed by atoms with van der Waals surface area (Å²) in [5.74, 6) is 0. The second-order valence-corrected chi connectivity index (χ2v) is 4.62. The van der Waals surface area contributed by atoms with Crippen molar-refractivity contribution >= 4 is 6.09 Å². The molecule has 1 N–H and O–H groups in total. The maximum absolute atomic E-state index is 11.9. The number of aliphatic hydroxyl groups is 1. The summed E-state index contributed by atoms with van der Waals surface area (Å²) in [5.41, 5.74) is 0.947. The van der Waals surface area contributed by atoms with Crippen molar-refractivity contribution in [3.05, 3.63) is 35.9 Å². The Balaban J connectivity index is 1.81. The molecule has 5 heteroatoms. The normalized spacial score (nSPS) is 23.2. The lowest BCUT2D eigenvalue weighted by atomic mass is 10.1. The molecule has 0 spiro atoms. The summed E-state index contributed by atoms with van der Waals surface area (Å²) in [6.07, 6.45) is -0.614. The fourth-order valence-electron chi connectivity index (χ4n) is 2.16. The van der Waals surface area contributed by atoms with Crippen LogP contribution in [0.5, 0.6) is 0 Å². The molecule has 104 valence electrons. The third-order valence-electron chi connectivity index (χ3n) is 3.29. The molecule has 2 rings (SSSR count). The Hall–Kier alpha value is -1.59. The molecular weight excluding hydrogens is 246 g/mol. The molecule has 0 aliphatic carbocycles. The first kappa shape index (κ1) is 13.8. The van der Waals surface area contributed by atoms with E-state index < -0.39 is 12.2 Å². The number of ether oxygens (including phenoxy) is 2. The fourth-order valence-corrected chi connectivity index (χ4v) is 2.16. The van der Waals surface area contributed by atoms with Gasteiger partial charge in [0.2, 0.25) is 0 Å². The first-order valence-electron chi connectivity index (χ1n) is 6.37. The van der Waals surface area contributed by atoms with Gasteiger partial charge in [-0.1, -0.05) is 30.3 Å². The van der Waals surface area contributed by atoms with Gasteiger partial charge >= 0.3 is 6.09 Å². The number of benzene rings is 1. The summed E-state index contributed by atoms with van der Waals surface area (Å²) in [5, 5.41) is 9.80. The number of methoxy groups -OCH3 is 1. The minimum atomic E-state index is -0.650. The van der Waals surface area contributed by atoms with Crippen LogP contribution in [0.25, 0.3) is 0 Å². The molecule has 0 radical (unpaired) electrons. The molecule has 2 atom stereocenters. The van der Waals surface area contributed by atoms with Gasteiger partial charge in [0.05, 0.1) is 18.8 Å². The van der Waals surface area contributed by atoms with Crippen LogP contribution in [0.1, 0.15) is 12.0 Å². The lowest BCUT2D eigenvalue weighted by Gasteiger charge is -2.34. The molecule has 0 unspecified atom stereocenters. The minimum Gasteiger partial charge on any atom is -0.445 e. The molecular formula is C14H19NO4. The Morgan fingerprint density at radius 2 is 2.16 bits per heavy atom. The van der Waals surface area contributed by atoms with E-state index >= 15 is 0 Å². The number of likely N-dealkylation sites (tertiary alicyclic amines) is 1. The molecule has 1 aliphatic rings. The zero-order chi connectivity index (χ0) is 13.7. The van der Waals surface area contributed by atoms with E-state index in [0.29, 0.717) is 13.0 Å². The Bertz CT molecular complexity index is 409. The summed E-state index contributed by atoms with van der Waals surface area (Å²) in [4.78, 5) is 13.4. The smallest absolute Gasteiger partial charge is 0.410 e. The molecule has 1 aromatic rings. The number of β-amino-alcohol motifs (C(OH)–C–C–N with tert-alkyl or cyclic N) is 1. The van der Waals surface area contributed by atoms with E-state index in [1.165, 1.54) is 4.90 Å². The van der Waals surface area contributed by atoms with Crippen LogP contribution < -0.4 is 0 Å². The second-order valence-electron chi connectivity index (χ2n) is 4.62. The van der Waals surface area contributed by atoms with Crippen molar-refractivity contribution in [3.8, 4) is 0 Å². The van der Waals surface area contributed by atoms with Crippen LogP contribution in [0, 0.1) is 0 Å². The lowest BCUT2D eigenvalue weighted by molar-refractivity contribution is -0.0577. The third-order valence-corrected chi connectivity index (χ3v) is 3.29. The molecule has 1 fully saturated rings. The Morgan fingerprint density at radius 1 is 1.42 bits per heavy atom. The zero-order valence-corrected chi connectivity index (χ0v) is 11.0. The number of amides is 1. The maximum Gasteiger partial charge on any atom is 0.410 e. The maximum atomic E-state index is 11.9. The van der Waals surface area contributed by atoms with Crippen molar-refractivity contribution in [2.24, 2.45) is 0 Å². The number of carbonyl (C=O) groups is 1. The molecule has 1 heterocycles. The van der Waals surface area contributed by atoms with E-state index in [1.54, 1.807) is 7.11 Å². The highest BCUT2D eigenvalue weighted by molar-refractivity contribution is 5.67. The zero-order valence-electron chi connectivity index (χ0n) is 11.0. The Morgan fingerprint density at radius 3 is 2.79 bits per heavy atom. The molecule has 0 aromatic heterocycles. The highest BCUT2D eigenvalue weighted by atomic mass is 16.6. The topological polar surface area (TPSA) is 59.0 Å². The van der Waals surface area contributed by atoms with Gasteiger partial charge in [0, 0.05) is 13.7 Å². The standard InChI is InChI=1S/C14H19NO4/c1-18-13-7-8-15(9-12(13)16)14(17)19-10-11-5-3-2-4-6-11/h2-6,12-13,16H,7-10H2,1H3/t12-,13-/m0/s1. The third kappa shape index (κ3) is 3.68. The van der Waals surface area contributed by atoms with Gasteiger partial charge in [-0.05, 0) is 12.0 Å². The van der Waals surface area contributed by atoms with Crippen molar-refractivity contribution in [2.75, 3.05) is 20.2 Å². The number of nitrogens with zero attached hydrogens (tertiary/aromatic N) is 1. The van der Waals surface area contributed by atoms with E-state index in [2.05, 4.69) is 0 Å². The summed E-state index contributed by atoms with van der Waals surface area (Å²) in [6.45, 7) is 1.05. The first-order chi connectivity index (χ1) is 9.20. The number of hydrogen-bond donors (Lipinski definition) is 1. The monoisotopic (exact) mass is 265 g/mol. The number of carbonyl (C=O) groups excluding carboxylic acids is 1. The van der Waals surface area contributed by atoms with Gasteiger partial charge in [-0.3, -0.25) is 0 Å². The van der Waals surface area contributed by atoms with Gasteiger partial charge in [0.25, 0.3) is 0 Å². The lowest BCUT2D eigenvalue weighted by Crippen LogP contribution is -2.49. The molecule has 1 saturated heterocycles. The van der Waals surface area contributed by atoms with Gasteiger partial charge in [-0.25, -0.2) is 4.79 Å². The van der Waals surface area contributed by atoms with E-state index in [9.17, 15) is 9.90 Å². The summed E-state index contributed by atoms with van der Waals surface area (Å²) >= 11 is 0. The summed E-state index contributed by atoms with van der Waals surface area (Å²) in [7, 11) is 1.57. The van der Waals surface area contributed by atoms with Crippen molar-refractivity contribution < 1.29 is 19.4 Å². The van der Waals surface area contributed by atoms with Crippen LogP contribution in [0.2, 0.25) is 0 Å². The molecule has 1 amide bonds. The van der Waals surface area contributed by atoms with Crippen LogP contribution in [-0.4, -0.2) is 48.5 Å². The number of rotatable bonds is 3. The van der Waals surface area contributed by atoms with E-state index in [1.807, 2.05) is 30.3 Å². The van der Waals surface area contributed by atoms with Gasteiger partial charge in [0.15, 0.2) is 0 Å². The highest BCUT2D eigenvalue weighted by Gasteiger charge is 2.30. The van der Waals surface area contributed by atoms with Crippen molar-refractivity contribution in [3.63, 3.8) is 0 Å². The van der Waals surface area contributed by atoms with Crippen LogP contribution in [0.3, 0.4) is 0 Å². The van der Waals surface area contributed by atoms with Crippen LogP contribution in [0.4, 0.5) is 4.79 Å². The fraction of sp³-hybridized carbons (Fsp3) is 0.500. The highest BCUT2D eigenvalue weighted by Crippen LogP contribution is 2.15. The number of aliphatic hydroxyl groups excluding tert-OH is 1. The average molecular weight is 265 g/mol. The predicted octanol–water partition coefficient (Wildman–Crippen LogP) is 1.40. The first-order valence-corrected chi connectivity index (χ1v) is 6.37. The van der Waals surface area contributed by atoms with Gasteiger partial charge < -0.3 is 19.5 Å². The Kier molecular flexibility index (Phi) is 4.76. The van der Waals surface area contributed by atoms with Crippen LogP contribution in [0.15, 0.2) is 30.3 Å². The largest absolute Gasteiger partial charge is 0.445 e. The SMILES string of the molecule is CO[C@H]1CCN(C(=O)OCc2ccccc2)C[C@@H]1O. The molecule has 19 heavy (non-hydrogen) atoms. The average Bonchev–Trinajstić information content (AvgIpc) is 2.45. The van der Waals surface area contributed by atoms with Crippen molar-refractivity contribution in [1.29, 1.82) is 0 Å². The van der Waals surface area contributed by atoms with Crippen molar-refractivity contribution in [2.45, 2.75) is 25.2 Å². The summed E-state index contributed by atoms with van der Waals surface area (Å²) in [6, 6.07) is 9.52. The Labute approximate surface area is 112 Å². The molecule has 1 aromatic carbocycles. The van der Waals surface area contributed by atoms with Gasteiger partial charge in [-0.2, -0.15) is 0 Å². The second kappa shape index (κ2) is 6.54. The molecule has 1 aliphatic heterocycles. The van der Waals surface area contributed by atoms with E-state index in [0.717, 1.165) is 5.56 Å². The summed E-state index contributed by atoms with van der Waals surface area (Å²) < 4.78 is 10.4. The number of piperidine rings is 1. The van der Waals surface area contributed by atoms with E-state index in [-0.39, 0.29) is 19.3 Å². The minimum absolute atomic E-state index is 0.196. The van der Waals surface area contributed by atoms with Crippen LogP contribution in [-0.2, 0) is 16.1 Å². The van der Waals surface area contributed by atoms with Crippen molar-refractivity contribution in [1.82, 2.24) is 4.90 Å². The van der Waals surface area contributed by atoms with Gasteiger partial charge in [-0.15, -0.1) is 0 Å². The molecule has 0 bridgehead atoms. The predicted molar refractivity (Wildman–Crippen MR) is 69.6 cm³/mol. The van der Waals surface area contributed by atoms with Crippen LogP contribution >= 0.6 is 0 Å². The number of hydrogen-bond acceptors (Lipinski definition) is 4. The molecule has 0 saturated carbocycles. The van der Waals surface area contributed by atoms with E-state index in [4.69, 9.17) is 9.47 Å². The molecule has 5 nitrogen and oxygen atoms in total. The quantitative estimate of drug-likeness (QED) is 0.897. The van der Waals surface area contributed by atoms with Gasteiger partial charge in [0.1, 0.15) is 6.61 Å².